The molecule has 0 spiro atoms. The Morgan fingerprint density at radius 3 is 2.73 bits per heavy atom. The molecule has 3 aromatic rings. The molecule has 4 N–H and O–H groups in total. The van der Waals surface area contributed by atoms with Crippen LogP contribution in [-0.2, 0) is 6.42 Å². The molecule has 0 fully saturated rings. The van der Waals surface area contributed by atoms with E-state index in [2.05, 4.69) is 20.6 Å². The molecule has 1 aliphatic rings. The number of rotatable bonds is 5. The van der Waals surface area contributed by atoms with E-state index in [1.807, 2.05) is 13.8 Å². The molecule has 1 amide bonds. The van der Waals surface area contributed by atoms with Gasteiger partial charge in [0.15, 0.2) is 0 Å². The van der Waals surface area contributed by atoms with Crippen LogP contribution < -0.4 is 15.4 Å². The van der Waals surface area contributed by atoms with Crippen molar-refractivity contribution in [1.29, 1.82) is 0 Å². The first-order valence-electron chi connectivity index (χ1n) is 9.56. The summed E-state index contributed by atoms with van der Waals surface area (Å²) in [5.41, 5.74) is 2.73. The molecular formula is C21H22Cl2N4O3. The number of fused-ring (bicyclic) bond motifs is 3. The number of anilines is 2. The van der Waals surface area contributed by atoms with Crippen LogP contribution in [0.15, 0.2) is 24.3 Å². The van der Waals surface area contributed by atoms with E-state index in [-0.39, 0.29) is 12.5 Å². The molecule has 0 bridgehead atoms. The molecule has 0 saturated carbocycles. The highest BCUT2D eigenvalue weighted by molar-refractivity contribution is 6.39. The number of H-pyrrole nitrogens is 1. The molecule has 1 unspecified atom stereocenters. The minimum absolute atomic E-state index is 0.149. The Kier molecular flexibility index (Phi) is 5.30. The lowest BCUT2D eigenvalue weighted by atomic mass is 9.99. The molecule has 1 aliphatic heterocycles. The fourth-order valence-electron chi connectivity index (χ4n) is 3.52. The molecule has 2 aromatic carbocycles. The number of nitrogens with zero attached hydrogens (tertiary/aromatic N) is 1. The van der Waals surface area contributed by atoms with Gasteiger partial charge >= 0.3 is 0 Å². The van der Waals surface area contributed by atoms with Gasteiger partial charge < -0.3 is 25.5 Å². The number of imidazole rings is 1. The number of ether oxygens (including phenoxy) is 1. The molecule has 0 aliphatic carbocycles. The van der Waals surface area contributed by atoms with Crippen molar-refractivity contribution in [2.75, 3.05) is 11.9 Å². The van der Waals surface area contributed by atoms with Crippen LogP contribution in [0.25, 0.3) is 11.0 Å². The predicted molar refractivity (Wildman–Crippen MR) is 118 cm³/mol. The third kappa shape index (κ3) is 3.93. The second kappa shape index (κ2) is 7.65. The number of benzene rings is 2. The molecule has 4 rings (SSSR count). The summed E-state index contributed by atoms with van der Waals surface area (Å²) in [5.74, 6) is 0.655. The van der Waals surface area contributed by atoms with Gasteiger partial charge in [0.25, 0.3) is 5.91 Å². The van der Waals surface area contributed by atoms with E-state index >= 15 is 0 Å². The van der Waals surface area contributed by atoms with Gasteiger partial charge in [0.2, 0.25) is 5.95 Å². The van der Waals surface area contributed by atoms with E-state index in [9.17, 15) is 9.90 Å². The van der Waals surface area contributed by atoms with Crippen LogP contribution in [-0.4, -0.2) is 39.2 Å². The number of para-hydroxylation sites is 1. The summed E-state index contributed by atoms with van der Waals surface area (Å²) in [6.45, 7) is 5.69. The molecule has 2 heterocycles. The van der Waals surface area contributed by atoms with Gasteiger partial charge in [0.05, 0.1) is 38.4 Å². The summed E-state index contributed by atoms with van der Waals surface area (Å²) in [5, 5.41) is 16.3. The Labute approximate surface area is 183 Å². The van der Waals surface area contributed by atoms with Crippen LogP contribution in [0.3, 0.4) is 0 Å². The predicted octanol–water partition coefficient (Wildman–Crippen LogP) is 4.44. The lowest BCUT2D eigenvalue weighted by molar-refractivity contribution is 0.0911. The van der Waals surface area contributed by atoms with Crippen molar-refractivity contribution >= 4 is 51.8 Å². The number of nitrogens with one attached hydrogen (secondary N) is 3. The van der Waals surface area contributed by atoms with Crippen molar-refractivity contribution in [3.8, 4) is 5.75 Å². The highest BCUT2D eigenvalue weighted by atomic mass is 35.5. The van der Waals surface area contributed by atoms with E-state index in [4.69, 9.17) is 27.9 Å². The monoisotopic (exact) mass is 448 g/mol. The number of aromatic nitrogens is 2. The maximum Gasteiger partial charge on any atom is 0.255 e. The number of aliphatic hydroxyl groups is 1. The summed E-state index contributed by atoms with van der Waals surface area (Å²) in [6.07, 6.45) is -0.0422. The Hall–Kier alpha value is -2.48. The zero-order chi connectivity index (χ0) is 21.6. The first-order chi connectivity index (χ1) is 14.1. The fourth-order valence-corrected chi connectivity index (χ4v) is 4.01. The van der Waals surface area contributed by atoms with Crippen LogP contribution in [0.5, 0.6) is 5.75 Å². The molecule has 9 heteroatoms. The molecule has 1 atom stereocenters. The van der Waals surface area contributed by atoms with Crippen molar-refractivity contribution in [1.82, 2.24) is 15.3 Å². The average molecular weight is 449 g/mol. The van der Waals surface area contributed by atoms with Gasteiger partial charge in [0.1, 0.15) is 11.4 Å². The second-order valence-electron chi connectivity index (χ2n) is 8.03. The lowest BCUT2D eigenvalue weighted by Crippen LogP contribution is -2.31. The lowest BCUT2D eigenvalue weighted by Gasteiger charge is -2.18. The fraction of sp³-hybridized carbons (Fsp3) is 0.333. The topological polar surface area (TPSA) is 99.3 Å². The molecule has 158 valence electrons. The van der Waals surface area contributed by atoms with Gasteiger partial charge in [-0.05, 0) is 39.0 Å². The standard InChI is InChI=1S/C21H22Cl2N4O3/c1-10(28)9-24-19(29)11-7-15-16(12-8-21(2,3)30-18(11)12)26-20(25-15)27-17-13(22)5-4-6-14(17)23/h4-7,10,28H,8-9H2,1-3H3,(H,24,29)(H2,25,26,27). The summed E-state index contributed by atoms with van der Waals surface area (Å²) in [6, 6.07) is 6.94. The van der Waals surface area contributed by atoms with E-state index in [0.717, 1.165) is 5.56 Å². The van der Waals surface area contributed by atoms with Crippen LogP contribution in [0.4, 0.5) is 11.6 Å². The highest BCUT2D eigenvalue weighted by Crippen LogP contribution is 2.42. The van der Waals surface area contributed by atoms with Crippen molar-refractivity contribution in [3.63, 3.8) is 0 Å². The van der Waals surface area contributed by atoms with Crippen LogP contribution in [0, 0.1) is 0 Å². The zero-order valence-electron chi connectivity index (χ0n) is 16.8. The smallest absolute Gasteiger partial charge is 0.255 e. The number of carbonyl (C=O) groups excluding carboxylic acids is 1. The largest absolute Gasteiger partial charge is 0.486 e. The first kappa shape index (κ1) is 20.8. The Balaban J connectivity index is 1.77. The van der Waals surface area contributed by atoms with Crippen LogP contribution >= 0.6 is 23.2 Å². The maximum atomic E-state index is 12.8. The van der Waals surface area contributed by atoms with E-state index in [1.54, 1.807) is 31.2 Å². The summed E-state index contributed by atoms with van der Waals surface area (Å²) < 4.78 is 6.09. The van der Waals surface area contributed by atoms with Crippen LogP contribution in [0.2, 0.25) is 10.0 Å². The van der Waals surface area contributed by atoms with Crippen molar-refractivity contribution < 1.29 is 14.6 Å². The SMILES string of the molecule is CC(O)CNC(=O)c1cc2[nH]c(Nc3c(Cl)cccc3Cl)nc2c2c1OC(C)(C)C2. The number of halogens is 2. The van der Waals surface area contributed by atoms with Gasteiger partial charge in [-0.25, -0.2) is 4.98 Å². The Morgan fingerprint density at radius 2 is 2.07 bits per heavy atom. The molecule has 7 nitrogen and oxygen atoms in total. The molecule has 30 heavy (non-hydrogen) atoms. The van der Waals surface area contributed by atoms with Gasteiger partial charge in [-0.1, -0.05) is 29.3 Å². The van der Waals surface area contributed by atoms with Gasteiger partial charge in [-0.2, -0.15) is 0 Å². The third-order valence-electron chi connectivity index (χ3n) is 4.81. The van der Waals surface area contributed by atoms with Gasteiger partial charge in [-0.15, -0.1) is 0 Å². The van der Waals surface area contributed by atoms with Crippen LogP contribution in [0.1, 0.15) is 36.7 Å². The summed E-state index contributed by atoms with van der Waals surface area (Å²) in [7, 11) is 0. The number of hydrogen-bond donors (Lipinski definition) is 4. The number of carbonyl (C=O) groups is 1. The quantitative estimate of drug-likeness (QED) is 0.462. The number of hydrogen-bond acceptors (Lipinski definition) is 5. The number of amides is 1. The molecular weight excluding hydrogens is 427 g/mol. The first-order valence-corrected chi connectivity index (χ1v) is 10.3. The molecule has 0 radical (unpaired) electrons. The number of aromatic amines is 1. The van der Waals surface area contributed by atoms with E-state index in [0.29, 0.717) is 50.4 Å². The third-order valence-corrected chi connectivity index (χ3v) is 5.44. The van der Waals surface area contributed by atoms with Gasteiger partial charge in [0, 0.05) is 18.5 Å². The van der Waals surface area contributed by atoms with Crippen molar-refractivity contribution in [3.05, 3.63) is 45.4 Å². The minimum Gasteiger partial charge on any atom is -0.486 e. The highest BCUT2D eigenvalue weighted by Gasteiger charge is 2.36. The van der Waals surface area contributed by atoms with Crippen molar-refractivity contribution in [2.45, 2.75) is 38.9 Å². The Morgan fingerprint density at radius 1 is 1.37 bits per heavy atom. The molecule has 0 saturated heterocycles. The van der Waals surface area contributed by atoms with E-state index < -0.39 is 11.7 Å². The normalized spacial score (nSPS) is 15.5. The minimum atomic E-state index is -0.647. The second-order valence-corrected chi connectivity index (χ2v) is 8.85. The average Bonchev–Trinajstić information content (AvgIpc) is 3.21. The summed E-state index contributed by atoms with van der Waals surface area (Å²) in [4.78, 5) is 20.6. The Bertz CT molecular complexity index is 1120. The van der Waals surface area contributed by atoms with Gasteiger partial charge in [-0.3, -0.25) is 4.79 Å². The molecule has 1 aromatic heterocycles. The maximum absolute atomic E-state index is 12.8. The van der Waals surface area contributed by atoms with E-state index in [1.165, 1.54) is 0 Å². The zero-order valence-corrected chi connectivity index (χ0v) is 18.3. The number of aliphatic hydroxyl groups excluding tert-OH is 1. The summed E-state index contributed by atoms with van der Waals surface area (Å²) >= 11 is 12.5. The van der Waals surface area contributed by atoms with Crippen molar-refractivity contribution in [2.24, 2.45) is 0 Å².